The SMILES string of the molecule is COc1ccc(C(=O)Nc2ccc(Oc3ccccc3)cc2)cc1S(=O)(=O)N1CCCC1. The van der Waals surface area contributed by atoms with Gasteiger partial charge in [-0.15, -0.1) is 0 Å². The molecule has 0 radical (unpaired) electrons. The summed E-state index contributed by atoms with van der Waals surface area (Å²) in [5, 5.41) is 2.79. The molecule has 0 aromatic heterocycles. The molecule has 4 rings (SSSR count). The van der Waals surface area contributed by atoms with Gasteiger partial charge >= 0.3 is 0 Å². The Balaban J connectivity index is 1.51. The average molecular weight is 453 g/mol. The lowest BCUT2D eigenvalue weighted by atomic mass is 10.2. The van der Waals surface area contributed by atoms with Crippen molar-refractivity contribution in [3.63, 3.8) is 0 Å². The maximum atomic E-state index is 13.0. The lowest BCUT2D eigenvalue weighted by Crippen LogP contribution is -2.28. The number of nitrogens with zero attached hydrogens (tertiary/aromatic N) is 1. The molecule has 1 saturated heterocycles. The largest absolute Gasteiger partial charge is 0.495 e. The molecule has 0 unspecified atom stereocenters. The smallest absolute Gasteiger partial charge is 0.255 e. The molecule has 0 saturated carbocycles. The number of amides is 1. The number of sulfonamides is 1. The van der Waals surface area contributed by atoms with Gasteiger partial charge in [-0.1, -0.05) is 18.2 Å². The molecule has 0 atom stereocenters. The molecule has 166 valence electrons. The summed E-state index contributed by atoms with van der Waals surface area (Å²) >= 11 is 0. The van der Waals surface area contributed by atoms with Crippen molar-refractivity contribution < 1.29 is 22.7 Å². The molecule has 0 bridgehead atoms. The number of carbonyl (C=O) groups is 1. The Morgan fingerprint density at radius 2 is 1.56 bits per heavy atom. The zero-order chi connectivity index (χ0) is 22.6. The quantitative estimate of drug-likeness (QED) is 0.570. The van der Waals surface area contributed by atoms with Crippen LogP contribution in [0.15, 0.2) is 77.7 Å². The second-order valence-electron chi connectivity index (χ2n) is 7.37. The zero-order valence-corrected chi connectivity index (χ0v) is 18.5. The highest BCUT2D eigenvalue weighted by molar-refractivity contribution is 7.89. The van der Waals surface area contributed by atoms with E-state index in [4.69, 9.17) is 9.47 Å². The first-order chi connectivity index (χ1) is 15.5. The van der Waals surface area contributed by atoms with Crippen molar-refractivity contribution >= 4 is 21.6 Å². The van der Waals surface area contributed by atoms with Crippen LogP contribution in [-0.2, 0) is 10.0 Å². The number of hydrogen-bond acceptors (Lipinski definition) is 5. The predicted molar refractivity (Wildman–Crippen MR) is 122 cm³/mol. The molecule has 32 heavy (non-hydrogen) atoms. The van der Waals surface area contributed by atoms with Gasteiger partial charge in [0.2, 0.25) is 10.0 Å². The van der Waals surface area contributed by atoms with Gasteiger partial charge in [-0.3, -0.25) is 4.79 Å². The summed E-state index contributed by atoms with van der Waals surface area (Å²) in [4.78, 5) is 12.8. The number of methoxy groups -OCH3 is 1. The van der Waals surface area contributed by atoms with E-state index in [1.165, 1.54) is 23.5 Å². The molecular formula is C24H24N2O5S. The van der Waals surface area contributed by atoms with E-state index in [0.29, 0.717) is 30.3 Å². The summed E-state index contributed by atoms with van der Waals surface area (Å²) in [5.74, 6) is 1.16. The highest BCUT2D eigenvalue weighted by Gasteiger charge is 2.30. The number of para-hydroxylation sites is 1. The van der Waals surface area contributed by atoms with E-state index in [2.05, 4.69) is 5.32 Å². The number of carbonyl (C=O) groups excluding carboxylic acids is 1. The Morgan fingerprint density at radius 3 is 2.22 bits per heavy atom. The van der Waals surface area contributed by atoms with Crippen LogP contribution >= 0.6 is 0 Å². The van der Waals surface area contributed by atoms with Gasteiger partial charge in [-0.05, 0) is 67.4 Å². The van der Waals surface area contributed by atoms with Crippen LogP contribution in [0.4, 0.5) is 5.69 Å². The minimum Gasteiger partial charge on any atom is -0.495 e. The van der Waals surface area contributed by atoms with E-state index in [1.807, 2.05) is 30.3 Å². The highest BCUT2D eigenvalue weighted by atomic mass is 32.2. The Kier molecular flexibility index (Phi) is 6.43. The van der Waals surface area contributed by atoms with Crippen molar-refractivity contribution in [3.8, 4) is 17.2 Å². The molecule has 7 nitrogen and oxygen atoms in total. The van der Waals surface area contributed by atoms with Crippen molar-refractivity contribution in [2.45, 2.75) is 17.7 Å². The molecule has 1 amide bonds. The fourth-order valence-electron chi connectivity index (χ4n) is 3.52. The first-order valence-electron chi connectivity index (χ1n) is 10.3. The van der Waals surface area contributed by atoms with Crippen molar-refractivity contribution in [2.24, 2.45) is 0 Å². The highest BCUT2D eigenvalue weighted by Crippen LogP contribution is 2.30. The van der Waals surface area contributed by atoms with E-state index in [1.54, 1.807) is 30.3 Å². The molecule has 3 aromatic rings. The average Bonchev–Trinajstić information content (AvgIpc) is 3.37. The third kappa shape index (κ3) is 4.76. The molecule has 1 fully saturated rings. The Bertz CT molecular complexity index is 1190. The molecule has 1 aliphatic rings. The summed E-state index contributed by atoms with van der Waals surface area (Å²) < 4.78 is 38.5. The van der Waals surface area contributed by atoms with Gasteiger partial charge in [-0.25, -0.2) is 8.42 Å². The standard InChI is InChI=1S/C24H24N2O5S/c1-30-22-14-9-18(17-23(22)32(28,29)26-15-5-6-16-26)24(27)25-19-10-12-21(13-11-19)31-20-7-3-2-4-8-20/h2-4,7-14,17H,5-6,15-16H2,1H3,(H,25,27). The molecule has 0 spiro atoms. The molecule has 1 heterocycles. The fourth-order valence-corrected chi connectivity index (χ4v) is 5.22. The molecule has 0 aliphatic carbocycles. The molecule has 3 aromatic carbocycles. The number of hydrogen-bond donors (Lipinski definition) is 1. The van der Waals surface area contributed by atoms with Crippen molar-refractivity contribution in [2.75, 3.05) is 25.5 Å². The molecule has 1 aliphatic heterocycles. The van der Waals surface area contributed by atoms with E-state index < -0.39 is 15.9 Å². The van der Waals surface area contributed by atoms with Gasteiger partial charge in [0.1, 0.15) is 22.1 Å². The Hall–Kier alpha value is -3.36. The third-order valence-electron chi connectivity index (χ3n) is 5.20. The van der Waals surface area contributed by atoms with Crippen LogP contribution in [0.25, 0.3) is 0 Å². The lowest BCUT2D eigenvalue weighted by Gasteiger charge is -2.18. The van der Waals surface area contributed by atoms with Gasteiger partial charge in [0, 0.05) is 24.3 Å². The van der Waals surface area contributed by atoms with Crippen LogP contribution in [0, 0.1) is 0 Å². The minimum atomic E-state index is -3.73. The number of ether oxygens (including phenoxy) is 2. The van der Waals surface area contributed by atoms with Crippen LogP contribution in [0.3, 0.4) is 0 Å². The van der Waals surface area contributed by atoms with Gasteiger partial charge < -0.3 is 14.8 Å². The van der Waals surface area contributed by atoms with E-state index in [0.717, 1.165) is 12.8 Å². The molecule has 1 N–H and O–H groups in total. The fraction of sp³-hybridized carbons (Fsp3) is 0.208. The van der Waals surface area contributed by atoms with Gasteiger partial charge in [-0.2, -0.15) is 4.31 Å². The van der Waals surface area contributed by atoms with Crippen LogP contribution < -0.4 is 14.8 Å². The summed E-state index contributed by atoms with van der Waals surface area (Å²) in [6.07, 6.45) is 1.65. The van der Waals surface area contributed by atoms with E-state index in [-0.39, 0.29) is 16.2 Å². The van der Waals surface area contributed by atoms with E-state index >= 15 is 0 Å². The number of rotatable bonds is 7. The first kappa shape index (κ1) is 21.9. The molecule has 8 heteroatoms. The van der Waals surface area contributed by atoms with Crippen molar-refractivity contribution in [3.05, 3.63) is 78.4 Å². The normalized spacial score (nSPS) is 14.2. The number of nitrogens with one attached hydrogen (secondary N) is 1. The summed E-state index contributed by atoms with van der Waals surface area (Å²) in [5.41, 5.74) is 0.795. The van der Waals surface area contributed by atoms with Crippen molar-refractivity contribution in [1.82, 2.24) is 4.31 Å². The van der Waals surface area contributed by atoms with Crippen LogP contribution in [0.1, 0.15) is 23.2 Å². The topological polar surface area (TPSA) is 84.9 Å². The third-order valence-corrected chi connectivity index (χ3v) is 7.12. The second kappa shape index (κ2) is 9.42. The maximum absolute atomic E-state index is 13.0. The maximum Gasteiger partial charge on any atom is 0.255 e. The summed E-state index contributed by atoms with van der Waals surface area (Å²) in [7, 11) is -2.32. The number of benzene rings is 3. The van der Waals surface area contributed by atoms with Gasteiger partial charge in [0.05, 0.1) is 7.11 Å². The monoisotopic (exact) mass is 452 g/mol. The molecular weight excluding hydrogens is 428 g/mol. The van der Waals surface area contributed by atoms with E-state index in [9.17, 15) is 13.2 Å². The second-order valence-corrected chi connectivity index (χ2v) is 9.28. The van der Waals surface area contributed by atoms with Crippen LogP contribution in [0.5, 0.6) is 17.2 Å². The van der Waals surface area contributed by atoms with Gasteiger partial charge in [0.25, 0.3) is 5.91 Å². The van der Waals surface area contributed by atoms with Crippen LogP contribution in [-0.4, -0.2) is 38.8 Å². The Labute approximate surface area is 187 Å². The summed E-state index contributed by atoms with van der Waals surface area (Å²) in [6.45, 7) is 0.943. The van der Waals surface area contributed by atoms with Crippen molar-refractivity contribution in [1.29, 1.82) is 0 Å². The lowest BCUT2D eigenvalue weighted by molar-refractivity contribution is 0.102. The minimum absolute atomic E-state index is 0.00107. The Morgan fingerprint density at radius 1 is 0.906 bits per heavy atom. The van der Waals surface area contributed by atoms with Gasteiger partial charge in [0.15, 0.2) is 0 Å². The summed E-state index contributed by atoms with van der Waals surface area (Å²) in [6, 6.07) is 20.8. The number of anilines is 1. The van der Waals surface area contributed by atoms with Crippen LogP contribution in [0.2, 0.25) is 0 Å². The predicted octanol–water partition coefficient (Wildman–Crippen LogP) is 4.52. The first-order valence-corrected chi connectivity index (χ1v) is 11.7. The zero-order valence-electron chi connectivity index (χ0n) is 17.7.